The first-order chi connectivity index (χ1) is 18.0. The molecule has 2 N–H and O–H groups in total. The minimum Gasteiger partial charge on any atom is -0.455 e. The highest BCUT2D eigenvalue weighted by Crippen LogP contribution is 2.25. The molecule has 0 atom stereocenters. The Labute approximate surface area is 210 Å². The highest BCUT2D eigenvalue weighted by Gasteiger charge is 2.17. The monoisotopic (exact) mass is 504 g/mol. The van der Waals surface area contributed by atoms with Crippen molar-refractivity contribution in [2.45, 2.75) is 0 Å². The minimum absolute atomic E-state index is 0.0262. The molecular formula is C24H21FN8O4. The predicted octanol–water partition coefficient (Wildman–Crippen LogP) is 4.21. The molecule has 0 aliphatic carbocycles. The summed E-state index contributed by atoms with van der Waals surface area (Å²) in [6.07, 6.45) is 1.44. The van der Waals surface area contributed by atoms with Crippen LogP contribution < -0.4 is 15.6 Å². The fourth-order valence-corrected chi connectivity index (χ4v) is 3.54. The first-order valence-electron chi connectivity index (χ1n) is 11.3. The normalized spacial score (nSPS) is 13.6. The zero-order chi connectivity index (χ0) is 25.6. The van der Waals surface area contributed by atoms with Crippen molar-refractivity contribution in [1.82, 2.24) is 15.0 Å². The Kier molecular flexibility index (Phi) is 6.94. The van der Waals surface area contributed by atoms with E-state index in [2.05, 4.69) is 30.8 Å². The molecule has 1 saturated heterocycles. The van der Waals surface area contributed by atoms with Gasteiger partial charge in [0.2, 0.25) is 17.8 Å². The number of hydrazone groups is 1. The van der Waals surface area contributed by atoms with Crippen LogP contribution in [0.2, 0.25) is 0 Å². The van der Waals surface area contributed by atoms with Crippen molar-refractivity contribution in [2.24, 2.45) is 5.10 Å². The Morgan fingerprint density at radius 2 is 1.81 bits per heavy atom. The van der Waals surface area contributed by atoms with Crippen LogP contribution in [0.25, 0.3) is 11.3 Å². The van der Waals surface area contributed by atoms with Gasteiger partial charge in [-0.2, -0.15) is 20.1 Å². The number of ether oxygens (including phenoxy) is 1. The number of aromatic nitrogens is 3. The van der Waals surface area contributed by atoms with Crippen LogP contribution in [-0.2, 0) is 4.74 Å². The molecule has 1 aliphatic rings. The SMILES string of the molecule is O=[N+]([O-])c1cccc(-c2ccc(/C=N/Nc3nc(Nc4ccc(F)cc4)nc(N4CCOCC4)n3)o2)c1. The van der Waals surface area contributed by atoms with Crippen LogP contribution in [0.15, 0.2) is 70.2 Å². The number of nitrogens with zero attached hydrogens (tertiary/aromatic N) is 6. The van der Waals surface area contributed by atoms with Gasteiger partial charge in [0.1, 0.15) is 17.3 Å². The zero-order valence-electron chi connectivity index (χ0n) is 19.4. The number of hydrogen-bond donors (Lipinski definition) is 2. The van der Waals surface area contributed by atoms with Crippen LogP contribution >= 0.6 is 0 Å². The van der Waals surface area contributed by atoms with Gasteiger partial charge in [0, 0.05) is 36.5 Å². The Morgan fingerprint density at radius 3 is 2.59 bits per heavy atom. The largest absolute Gasteiger partial charge is 0.455 e. The lowest BCUT2D eigenvalue weighted by Crippen LogP contribution is -2.37. The molecule has 0 bridgehead atoms. The van der Waals surface area contributed by atoms with Crippen LogP contribution in [0.4, 0.5) is 33.6 Å². The third-order valence-corrected chi connectivity index (χ3v) is 5.34. The fraction of sp³-hybridized carbons (Fsp3) is 0.167. The fourth-order valence-electron chi connectivity index (χ4n) is 3.54. The summed E-state index contributed by atoms with van der Waals surface area (Å²) in [5.74, 6) is 1.41. The number of halogens is 1. The van der Waals surface area contributed by atoms with Gasteiger partial charge in [0.05, 0.1) is 24.4 Å². The molecule has 5 rings (SSSR count). The summed E-state index contributed by atoms with van der Waals surface area (Å²) in [7, 11) is 0. The van der Waals surface area contributed by atoms with Crippen molar-refractivity contribution in [3.63, 3.8) is 0 Å². The number of nitro benzene ring substituents is 1. The second-order valence-corrected chi connectivity index (χ2v) is 7.89. The molecule has 4 aromatic rings. The van der Waals surface area contributed by atoms with Gasteiger partial charge in [0.15, 0.2) is 0 Å². The molecule has 0 unspecified atom stereocenters. The van der Waals surface area contributed by atoms with Gasteiger partial charge in [-0.1, -0.05) is 12.1 Å². The van der Waals surface area contributed by atoms with E-state index in [1.807, 2.05) is 4.90 Å². The molecule has 1 aliphatic heterocycles. The second kappa shape index (κ2) is 10.8. The number of nitro groups is 1. The molecule has 0 saturated carbocycles. The number of furan rings is 1. The highest BCUT2D eigenvalue weighted by atomic mass is 19.1. The number of nitrogens with one attached hydrogen (secondary N) is 2. The zero-order valence-corrected chi connectivity index (χ0v) is 19.4. The number of anilines is 4. The maximum absolute atomic E-state index is 13.3. The van der Waals surface area contributed by atoms with E-state index >= 15 is 0 Å². The lowest BCUT2D eigenvalue weighted by Gasteiger charge is -2.27. The molecule has 0 spiro atoms. The van der Waals surface area contributed by atoms with E-state index < -0.39 is 4.92 Å². The maximum atomic E-state index is 13.3. The van der Waals surface area contributed by atoms with Crippen molar-refractivity contribution in [1.29, 1.82) is 0 Å². The molecule has 0 amide bonds. The molecule has 37 heavy (non-hydrogen) atoms. The quantitative estimate of drug-likeness (QED) is 0.203. The Bertz CT molecular complexity index is 1420. The minimum atomic E-state index is -0.461. The van der Waals surface area contributed by atoms with Gasteiger partial charge < -0.3 is 19.4 Å². The summed E-state index contributed by atoms with van der Waals surface area (Å²) in [4.78, 5) is 25.8. The molecular weight excluding hydrogens is 483 g/mol. The summed E-state index contributed by atoms with van der Waals surface area (Å²) in [6.45, 7) is 2.35. The number of morpholine rings is 1. The van der Waals surface area contributed by atoms with Gasteiger partial charge in [0.25, 0.3) is 5.69 Å². The van der Waals surface area contributed by atoms with E-state index in [0.717, 1.165) is 0 Å². The van der Waals surface area contributed by atoms with Crippen molar-refractivity contribution >= 4 is 35.4 Å². The smallest absolute Gasteiger partial charge is 0.270 e. The summed E-state index contributed by atoms with van der Waals surface area (Å²) in [5.41, 5.74) is 3.94. The van der Waals surface area contributed by atoms with E-state index in [0.29, 0.717) is 55.0 Å². The molecule has 1 fully saturated rings. The maximum Gasteiger partial charge on any atom is 0.270 e. The van der Waals surface area contributed by atoms with E-state index in [4.69, 9.17) is 9.15 Å². The topological polar surface area (TPSA) is 144 Å². The lowest BCUT2D eigenvalue weighted by molar-refractivity contribution is -0.384. The van der Waals surface area contributed by atoms with E-state index in [-0.39, 0.29) is 23.4 Å². The third-order valence-electron chi connectivity index (χ3n) is 5.34. The second-order valence-electron chi connectivity index (χ2n) is 7.89. The standard InChI is InChI=1S/C24H21FN8O4/c25-17-4-6-18(7-5-17)27-22-28-23(30-24(29-22)32-10-12-36-13-11-32)31-26-15-20-8-9-21(37-20)16-2-1-3-19(14-16)33(34)35/h1-9,14-15H,10-13H2,(H2,27,28,29,30,31)/b26-15+. The van der Waals surface area contributed by atoms with E-state index in [1.165, 1.54) is 30.5 Å². The van der Waals surface area contributed by atoms with Gasteiger partial charge >= 0.3 is 0 Å². The average Bonchev–Trinajstić information content (AvgIpc) is 3.39. The van der Waals surface area contributed by atoms with E-state index in [1.54, 1.807) is 36.4 Å². The Morgan fingerprint density at radius 1 is 1.03 bits per heavy atom. The van der Waals surface area contributed by atoms with Crippen molar-refractivity contribution in [2.75, 3.05) is 41.9 Å². The number of hydrogen-bond acceptors (Lipinski definition) is 11. The average molecular weight is 504 g/mol. The highest BCUT2D eigenvalue weighted by molar-refractivity contribution is 5.78. The Balaban J connectivity index is 1.33. The van der Waals surface area contributed by atoms with E-state index in [9.17, 15) is 14.5 Å². The van der Waals surface area contributed by atoms with Gasteiger partial charge in [-0.15, -0.1) is 0 Å². The summed E-state index contributed by atoms with van der Waals surface area (Å²) >= 11 is 0. The molecule has 2 aromatic carbocycles. The lowest BCUT2D eigenvalue weighted by atomic mass is 10.1. The van der Waals surface area contributed by atoms with Gasteiger partial charge in [-0.3, -0.25) is 10.1 Å². The molecule has 2 aromatic heterocycles. The van der Waals surface area contributed by atoms with Crippen LogP contribution in [0.5, 0.6) is 0 Å². The first-order valence-corrected chi connectivity index (χ1v) is 11.3. The van der Waals surface area contributed by atoms with Crippen LogP contribution in [0.1, 0.15) is 5.76 Å². The molecule has 0 radical (unpaired) electrons. The third kappa shape index (κ3) is 6.02. The van der Waals surface area contributed by atoms with Crippen LogP contribution in [-0.4, -0.2) is 52.4 Å². The van der Waals surface area contributed by atoms with Crippen molar-refractivity contribution in [3.05, 3.63) is 82.4 Å². The first kappa shape index (κ1) is 23.8. The van der Waals surface area contributed by atoms with Gasteiger partial charge in [-0.05, 0) is 36.4 Å². The number of benzene rings is 2. The molecule has 188 valence electrons. The van der Waals surface area contributed by atoms with Crippen molar-refractivity contribution < 1.29 is 18.5 Å². The number of rotatable bonds is 8. The summed E-state index contributed by atoms with van der Waals surface area (Å²) < 4.78 is 24.4. The van der Waals surface area contributed by atoms with Crippen LogP contribution in [0, 0.1) is 15.9 Å². The predicted molar refractivity (Wildman–Crippen MR) is 135 cm³/mol. The number of non-ortho nitro benzene ring substituents is 1. The Hall–Kier alpha value is -4.91. The molecule has 13 heteroatoms. The molecule has 3 heterocycles. The van der Waals surface area contributed by atoms with Crippen LogP contribution in [0.3, 0.4) is 0 Å². The summed E-state index contributed by atoms with van der Waals surface area (Å²) in [6, 6.07) is 15.4. The summed E-state index contributed by atoms with van der Waals surface area (Å²) in [5, 5.41) is 18.2. The molecule has 12 nitrogen and oxygen atoms in total. The van der Waals surface area contributed by atoms with Gasteiger partial charge in [-0.25, -0.2) is 9.82 Å². The van der Waals surface area contributed by atoms with Crippen molar-refractivity contribution in [3.8, 4) is 11.3 Å².